The standard InChI is InChI=1S/C13H11ClINO/c14-7-12-5-6-13(8-16-12)17-9-10-1-3-11(15)4-2-10/h1-6,8H,7,9H2. The zero-order valence-electron chi connectivity index (χ0n) is 9.07. The number of alkyl halides is 1. The van der Waals surface area contributed by atoms with E-state index in [1.165, 1.54) is 3.57 Å². The van der Waals surface area contributed by atoms with Crippen molar-refractivity contribution >= 4 is 34.2 Å². The van der Waals surface area contributed by atoms with Gasteiger partial charge in [-0.05, 0) is 52.4 Å². The highest BCUT2D eigenvalue weighted by Crippen LogP contribution is 2.13. The Morgan fingerprint density at radius 3 is 2.47 bits per heavy atom. The molecule has 17 heavy (non-hydrogen) atoms. The van der Waals surface area contributed by atoms with Crippen LogP contribution in [0, 0.1) is 3.57 Å². The van der Waals surface area contributed by atoms with Crippen LogP contribution in [0.15, 0.2) is 42.6 Å². The highest BCUT2D eigenvalue weighted by atomic mass is 127. The molecule has 0 saturated carbocycles. The number of hydrogen-bond donors (Lipinski definition) is 0. The number of benzene rings is 1. The van der Waals surface area contributed by atoms with Gasteiger partial charge in [0.25, 0.3) is 0 Å². The van der Waals surface area contributed by atoms with Crippen LogP contribution >= 0.6 is 34.2 Å². The molecule has 0 bridgehead atoms. The summed E-state index contributed by atoms with van der Waals surface area (Å²) >= 11 is 7.94. The molecule has 0 aliphatic heterocycles. The third-order valence-corrected chi connectivity index (χ3v) is 3.25. The molecule has 0 spiro atoms. The van der Waals surface area contributed by atoms with Gasteiger partial charge in [-0.2, -0.15) is 0 Å². The number of rotatable bonds is 4. The van der Waals surface area contributed by atoms with Gasteiger partial charge in [0.1, 0.15) is 12.4 Å². The first-order chi connectivity index (χ1) is 8.28. The van der Waals surface area contributed by atoms with Crippen molar-refractivity contribution in [2.75, 3.05) is 0 Å². The van der Waals surface area contributed by atoms with Gasteiger partial charge in [-0.25, -0.2) is 0 Å². The Balaban J connectivity index is 1.95. The van der Waals surface area contributed by atoms with E-state index in [0.29, 0.717) is 12.5 Å². The van der Waals surface area contributed by atoms with Gasteiger partial charge in [-0.15, -0.1) is 11.6 Å². The second-order valence-corrected chi connectivity index (χ2v) is 5.05. The molecule has 4 heteroatoms. The predicted octanol–water partition coefficient (Wildman–Crippen LogP) is 4.00. The summed E-state index contributed by atoms with van der Waals surface area (Å²) in [5.74, 6) is 1.19. The lowest BCUT2D eigenvalue weighted by molar-refractivity contribution is 0.305. The molecule has 0 atom stereocenters. The maximum Gasteiger partial charge on any atom is 0.138 e. The van der Waals surface area contributed by atoms with Crippen molar-refractivity contribution in [3.05, 3.63) is 57.4 Å². The van der Waals surface area contributed by atoms with Gasteiger partial charge in [0.15, 0.2) is 0 Å². The largest absolute Gasteiger partial charge is 0.487 e. The van der Waals surface area contributed by atoms with E-state index in [-0.39, 0.29) is 0 Å². The number of ether oxygens (including phenoxy) is 1. The van der Waals surface area contributed by atoms with Crippen molar-refractivity contribution in [1.82, 2.24) is 4.98 Å². The SMILES string of the molecule is ClCc1ccc(OCc2ccc(I)cc2)cn1. The van der Waals surface area contributed by atoms with Crippen LogP contribution < -0.4 is 4.74 Å². The van der Waals surface area contributed by atoms with Gasteiger partial charge in [-0.1, -0.05) is 12.1 Å². The number of hydrogen-bond acceptors (Lipinski definition) is 2. The lowest BCUT2D eigenvalue weighted by Gasteiger charge is -2.06. The molecule has 2 rings (SSSR count). The van der Waals surface area contributed by atoms with Crippen molar-refractivity contribution in [3.8, 4) is 5.75 Å². The first-order valence-corrected chi connectivity index (χ1v) is 6.77. The second kappa shape index (κ2) is 6.21. The highest BCUT2D eigenvalue weighted by molar-refractivity contribution is 14.1. The van der Waals surface area contributed by atoms with Crippen LogP contribution in [0.25, 0.3) is 0 Å². The molecule has 88 valence electrons. The minimum absolute atomic E-state index is 0.428. The Morgan fingerprint density at radius 2 is 1.88 bits per heavy atom. The molecule has 0 radical (unpaired) electrons. The van der Waals surface area contributed by atoms with E-state index in [9.17, 15) is 0 Å². The fourth-order valence-corrected chi connectivity index (χ4v) is 1.84. The molecule has 1 heterocycles. The van der Waals surface area contributed by atoms with Crippen LogP contribution in [0.2, 0.25) is 0 Å². The Hall–Kier alpha value is -0.810. The number of halogens is 2. The summed E-state index contributed by atoms with van der Waals surface area (Å²) in [6.45, 7) is 0.554. The average Bonchev–Trinajstić information content (AvgIpc) is 2.39. The number of aromatic nitrogens is 1. The molecule has 2 aromatic rings. The molecular formula is C13H11ClINO. The maximum absolute atomic E-state index is 5.66. The third-order valence-electron chi connectivity index (χ3n) is 2.25. The fourth-order valence-electron chi connectivity index (χ4n) is 1.32. The van der Waals surface area contributed by atoms with E-state index >= 15 is 0 Å². The van der Waals surface area contributed by atoms with E-state index in [4.69, 9.17) is 16.3 Å². The molecule has 0 fully saturated rings. The molecule has 1 aromatic carbocycles. The van der Waals surface area contributed by atoms with E-state index in [1.807, 2.05) is 12.1 Å². The molecule has 0 saturated heterocycles. The smallest absolute Gasteiger partial charge is 0.138 e. The van der Waals surface area contributed by atoms with E-state index in [0.717, 1.165) is 17.0 Å². The monoisotopic (exact) mass is 359 g/mol. The first kappa shape index (κ1) is 12.6. The first-order valence-electron chi connectivity index (χ1n) is 5.16. The van der Waals surface area contributed by atoms with Crippen LogP contribution in [0.1, 0.15) is 11.3 Å². The zero-order valence-corrected chi connectivity index (χ0v) is 12.0. The van der Waals surface area contributed by atoms with Gasteiger partial charge in [-0.3, -0.25) is 4.98 Å². The molecular weight excluding hydrogens is 349 g/mol. The highest BCUT2D eigenvalue weighted by Gasteiger charge is 1.97. The van der Waals surface area contributed by atoms with Crippen LogP contribution in [-0.2, 0) is 12.5 Å². The molecule has 1 aromatic heterocycles. The molecule has 0 aliphatic carbocycles. The fraction of sp³-hybridized carbons (Fsp3) is 0.154. The zero-order chi connectivity index (χ0) is 12.1. The number of pyridine rings is 1. The third kappa shape index (κ3) is 3.85. The van der Waals surface area contributed by atoms with Gasteiger partial charge in [0, 0.05) is 3.57 Å². The van der Waals surface area contributed by atoms with E-state index in [2.05, 4.69) is 51.8 Å². The summed E-state index contributed by atoms with van der Waals surface area (Å²) in [5, 5.41) is 0. The molecule has 0 unspecified atom stereocenters. The van der Waals surface area contributed by atoms with Crippen molar-refractivity contribution in [1.29, 1.82) is 0 Å². The number of nitrogens with zero attached hydrogens (tertiary/aromatic N) is 1. The molecule has 0 amide bonds. The van der Waals surface area contributed by atoms with Gasteiger partial charge < -0.3 is 4.74 Å². The molecule has 2 nitrogen and oxygen atoms in total. The Morgan fingerprint density at radius 1 is 1.12 bits per heavy atom. The second-order valence-electron chi connectivity index (χ2n) is 3.53. The Kier molecular flexibility index (Phi) is 4.62. The summed E-state index contributed by atoms with van der Waals surface area (Å²) in [7, 11) is 0. The Bertz CT molecular complexity index is 470. The predicted molar refractivity (Wildman–Crippen MR) is 77.3 cm³/mol. The Labute approximate surface area is 119 Å². The minimum Gasteiger partial charge on any atom is -0.487 e. The molecule has 0 N–H and O–H groups in total. The summed E-state index contributed by atoms with van der Waals surface area (Å²) < 4.78 is 6.85. The van der Waals surface area contributed by atoms with Crippen molar-refractivity contribution in [3.63, 3.8) is 0 Å². The summed E-state index contributed by atoms with van der Waals surface area (Å²) in [5.41, 5.74) is 2.00. The normalized spacial score (nSPS) is 10.2. The van der Waals surface area contributed by atoms with Gasteiger partial charge in [0.2, 0.25) is 0 Å². The lowest BCUT2D eigenvalue weighted by Crippen LogP contribution is -1.96. The molecule has 0 aliphatic rings. The van der Waals surface area contributed by atoms with Crippen LogP contribution in [0.3, 0.4) is 0 Å². The average molecular weight is 360 g/mol. The van der Waals surface area contributed by atoms with Crippen molar-refractivity contribution < 1.29 is 4.74 Å². The van der Waals surface area contributed by atoms with Gasteiger partial charge >= 0.3 is 0 Å². The lowest BCUT2D eigenvalue weighted by atomic mass is 10.2. The minimum atomic E-state index is 0.428. The summed E-state index contributed by atoms with van der Waals surface area (Å²) in [4.78, 5) is 4.17. The summed E-state index contributed by atoms with van der Waals surface area (Å²) in [6.07, 6.45) is 1.70. The summed E-state index contributed by atoms with van der Waals surface area (Å²) in [6, 6.07) is 12.0. The van der Waals surface area contributed by atoms with Crippen molar-refractivity contribution in [2.24, 2.45) is 0 Å². The van der Waals surface area contributed by atoms with Crippen molar-refractivity contribution in [2.45, 2.75) is 12.5 Å². The maximum atomic E-state index is 5.66. The topological polar surface area (TPSA) is 22.1 Å². The van der Waals surface area contributed by atoms with Crippen LogP contribution in [0.4, 0.5) is 0 Å². The van der Waals surface area contributed by atoms with Gasteiger partial charge in [0.05, 0.1) is 17.8 Å². The van der Waals surface area contributed by atoms with Crippen LogP contribution in [-0.4, -0.2) is 4.98 Å². The van der Waals surface area contributed by atoms with Crippen LogP contribution in [0.5, 0.6) is 5.75 Å². The van der Waals surface area contributed by atoms with E-state index in [1.54, 1.807) is 6.20 Å². The quantitative estimate of drug-likeness (QED) is 0.608. The van der Waals surface area contributed by atoms with E-state index < -0.39 is 0 Å².